The summed E-state index contributed by atoms with van der Waals surface area (Å²) in [7, 11) is 0. The number of para-hydroxylation sites is 2. The van der Waals surface area contributed by atoms with E-state index < -0.39 is 0 Å². The topological polar surface area (TPSA) is 4.93 Å². The van der Waals surface area contributed by atoms with E-state index in [0.717, 1.165) is 0 Å². The van der Waals surface area contributed by atoms with E-state index in [1.165, 1.54) is 72.0 Å². The van der Waals surface area contributed by atoms with Gasteiger partial charge in [-0.05, 0) is 87.0 Å². The monoisotopic (exact) mass is 511 g/mol. The summed E-state index contributed by atoms with van der Waals surface area (Å²) in [5.41, 5.74) is 14.2. The number of nitrogens with zero attached hydrogens (tertiary/aromatic N) is 1. The van der Waals surface area contributed by atoms with Gasteiger partial charge in [0.1, 0.15) is 0 Å². The molecule has 1 aliphatic carbocycles. The molecule has 190 valence electrons. The molecule has 1 heteroatoms. The summed E-state index contributed by atoms with van der Waals surface area (Å²) in [6.07, 6.45) is 0. The molecule has 0 saturated carbocycles. The van der Waals surface area contributed by atoms with Gasteiger partial charge >= 0.3 is 0 Å². The van der Waals surface area contributed by atoms with Crippen LogP contribution in [0.4, 0.5) is 0 Å². The van der Waals surface area contributed by atoms with Crippen molar-refractivity contribution in [3.63, 3.8) is 0 Å². The lowest BCUT2D eigenvalue weighted by atomic mass is 9.81. The molecule has 0 atom stereocenters. The molecule has 0 N–H and O–H groups in total. The van der Waals surface area contributed by atoms with Crippen molar-refractivity contribution < 1.29 is 0 Å². The van der Waals surface area contributed by atoms with Crippen LogP contribution in [0.3, 0.4) is 0 Å². The number of rotatable bonds is 3. The summed E-state index contributed by atoms with van der Waals surface area (Å²) >= 11 is 0. The number of benzene rings is 6. The average molecular weight is 512 g/mol. The molecule has 0 saturated heterocycles. The number of hydrogen-bond donors (Lipinski definition) is 0. The van der Waals surface area contributed by atoms with E-state index in [-0.39, 0.29) is 5.41 Å². The molecular formula is C39H29N. The summed E-state index contributed by atoms with van der Waals surface area (Å²) in [4.78, 5) is 0. The Bertz CT molecular complexity index is 2060. The predicted molar refractivity (Wildman–Crippen MR) is 169 cm³/mol. The quantitative estimate of drug-likeness (QED) is 0.222. The van der Waals surface area contributed by atoms with Gasteiger partial charge in [0.15, 0.2) is 0 Å². The molecule has 8 rings (SSSR count). The van der Waals surface area contributed by atoms with Gasteiger partial charge in [0, 0.05) is 21.9 Å². The van der Waals surface area contributed by atoms with E-state index in [9.17, 15) is 0 Å². The first kappa shape index (κ1) is 23.0. The summed E-state index contributed by atoms with van der Waals surface area (Å²) in [5.74, 6) is 0. The SMILES string of the molecule is CC1(C)c2cc(-c3ccccc3)ccc2-c2ccc(-c3ccc4c(c3)c3ccccc3n4-c3ccccc3)cc21. The Morgan fingerprint density at radius 2 is 0.950 bits per heavy atom. The van der Waals surface area contributed by atoms with Crippen molar-refractivity contribution in [2.45, 2.75) is 19.3 Å². The van der Waals surface area contributed by atoms with Crippen molar-refractivity contribution in [2.75, 3.05) is 0 Å². The first-order valence-corrected chi connectivity index (χ1v) is 14.0. The van der Waals surface area contributed by atoms with Crippen molar-refractivity contribution in [2.24, 2.45) is 0 Å². The largest absolute Gasteiger partial charge is 0.309 e. The fraction of sp³-hybridized carbons (Fsp3) is 0.0769. The zero-order valence-electron chi connectivity index (χ0n) is 22.7. The maximum atomic E-state index is 2.43. The van der Waals surface area contributed by atoms with E-state index in [0.29, 0.717) is 0 Å². The highest BCUT2D eigenvalue weighted by molar-refractivity contribution is 6.10. The van der Waals surface area contributed by atoms with Gasteiger partial charge in [-0.25, -0.2) is 0 Å². The van der Waals surface area contributed by atoms with Gasteiger partial charge in [-0.15, -0.1) is 0 Å². The van der Waals surface area contributed by atoms with Crippen molar-refractivity contribution >= 4 is 21.8 Å². The van der Waals surface area contributed by atoms with Gasteiger partial charge in [-0.2, -0.15) is 0 Å². The predicted octanol–water partition coefficient (Wildman–Crippen LogP) is 10.4. The lowest BCUT2D eigenvalue weighted by molar-refractivity contribution is 0.661. The Hall–Kier alpha value is -4.88. The number of hydrogen-bond acceptors (Lipinski definition) is 0. The summed E-state index contributed by atoms with van der Waals surface area (Å²) in [5, 5.41) is 2.57. The Kier molecular flexibility index (Phi) is 4.93. The molecule has 0 bridgehead atoms. The molecule has 0 spiro atoms. The van der Waals surface area contributed by atoms with Gasteiger partial charge in [-0.1, -0.05) is 111 Å². The maximum Gasteiger partial charge on any atom is 0.0541 e. The van der Waals surface area contributed by atoms with Gasteiger partial charge in [-0.3, -0.25) is 0 Å². The van der Waals surface area contributed by atoms with Crippen LogP contribution in [-0.4, -0.2) is 4.57 Å². The van der Waals surface area contributed by atoms with Gasteiger partial charge < -0.3 is 4.57 Å². The maximum absolute atomic E-state index is 2.43. The molecule has 0 fully saturated rings. The molecule has 0 unspecified atom stereocenters. The molecule has 1 aliphatic rings. The van der Waals surface area contributed by atoms with Crippen molar-refractivity contribution in [3.05, 3.63) is 151 Å². The molecule has 40 heavy (non-hydrogen) atoms. The minimum absolute atomic E-state index is 0.0705. The molecular weight excluding hydrogens is 482 g/mol. The summed E-state index contributed by atoms with van der Waals surface area (Å²) in [6, 6.07) is 51.1. The third kappa shape index (κ3) is 3.34. The van der Waals surface area contributed by atoms with Crippen LogP contribution in [0.25, 0.3) is 60.9 Å². The van der Waals surface area contributed by atoms with Gasteiger partial charge in [0.05, 0.1) is 11.0 Å². The smallest absolute Gasteiger partial charge is 0.0541 e. The Morgan fingerprint density at radius 3 is 1.65 bits per heavy atom. The standard InChI is InChI=1S/C39H29N/c1-39(2)35-24-28(26-11-5-3-6-12-26)17-20-31(35)32-21-18-29(25-36(32)39)27-19-22-38-34(23-27)33-15-9-10-16-37(33)40(38)30-13-7-4-8-14-30/h3-25H,1-2H3. The Labute approximate surface area is 235 Å². The lowest BCUT2D eigenvalue weighted by Crippen LogP contribution is -2.15. The normalized spacial score (nSPS) is 13.4. The molecule has 0 amide bonds. The molecule has 1 heterocycles. The molecule has 6 aromatic carbocycles. The van der Waals surface area contributed by atoms with Crippen LogP contribution in [0.1, 0.15) is 25.0 Å². The number of aromatic nitrogens is 1. The van der Waals surface area contributed by atoms with Crippen molar-refractivity contribution in [3.8, 4) is 39.1 Å². The van der Waals surface area contributed by atoms with E-state index in [1.54, 1.807) is 0 Å². The zero-order chi connectivity index (χ0) is 26.8. The molecule has 1 aromatic heterocycles. The van der Waals surface area contributed by atoms with Crippen LogP contribution in [0.5, 0.6) is 0 Å². The van der Waals surface area contributed by atoms with Crippen molar-refractivity contribution in [1.29, 1.82) is 0 Å². The second-order valence-electron chi connectivity index (χ2n) is 11.4. The summed E-state index contributed by atoms with van der Waals surface area (Å²) in [6.45, 7) is 4.74. The Morgan fingerprint density at radius 1 is 0.425 bits per heavy atom. The second kappa shape index (κ2) is 8.56. The molecule has 7 aromatic rings. The van der Waals surface area contributed by atoms with Crippen LogP contribution in [0, 0.1) is 0 Å². The Balaban J connectivity index is 1.26. The van der Waals surface area contributed by atoms with Crippen LogP contribution < -0.4 is 0 Å². The zero-order valence-corrected chi connectivity index (χ0v) is 22.7. The van der Waals surface area contributed by atoms with E-state index >= 15 is 0 Å². The van der Waals surface area contributed by atoms with Gasteiger partial charge in [0.25, 0.3) is 0 Å². The fourth-order valence-electron chi connectivity index (χ4n) is 6.73. The average Bonchev–Trinajstić information content (AvgIpc) is 3.46. The van der Waals surface area contributed by atoms with E-state index in [1.807, 2.05) is 0 Å². The highest BCUT2D eigenvalue weighted by atomic mass is 15.0. The number of fused-ring (bicyclic) bond motifs is 6. The molecule has 0 aliphatic heterocycles. The third-order valence-electron chi connectivity index (χ3n) is 8.80. The van der Waals surface area contributed by atoms with Gasteiger partial charge in [0.2, 0.25) is 0 Å². The highest BCUT2D eigenvalue weighted by Gasteiger charge is 2.35. The third-order valence-corrected chi connectivity index (χ3v) is 8.80. The van der Waals surface area contributed by atoms with Crippen molar-refractivity contribution in [1.82, 2.24) is 4.57 Å². The van der Waals surface area contributed by atoms with Crippen LogP contribution in [0.15, 0.2) is 140 Å². The summed E-state index contributed by atoms with van der Waals surface area (Å²) < 4.78 is 2.38. The van der Waals surface area contributed by atoms with E-state index in [2.05, 4.69) is 158 Å². The molecule has 1 nitrogen and oxygen atoms in total. The minimum atomic E-state index is -0.0705. The second-order valence-corrected chi connectivity index (χ2v) is 11.4. The first-order chi connectivity index (χ1) is 19.6. The van der Waals surface area contributed by atoms with Crippen LogP contribution in [-0.2, 0) is 5.41 Å². The van der Waals surface area contributed by atoms with Crippen LogP contribution >= 0.6 is 0 Å². The minimum Gasteiger partial charge on any atom is -0.309 e. The van der Waals surface area contributed by atoms with E-state index in [4.69, 9.17) is 0 Å². The fourth-order valence-corrected chi connectivity index (χ4v) is 6.73. The lowest BCUT2D eigenvalue weighted by Gasteiger charge is -2.22. The first-order valence-electron chi connectivity index (χ1n) is 14.0. The molecule has 0 radical (unpaired) electrons. The highest BCUT2D eigenvalue weighted by Crippen LogP contribution is 2.50. The van der Waals surface area contributed by atoms with Crippen LogP contribution in [0.2, 0.25) is 0 Å².